The molecule has 4 nitrogen and oxygen atoms in total. The highest BCUT2D eigenvalue weighted by Gasteiger charge is 2.15. The maximum atomic E-state index is 11.2. The number of nitrogen functional groups attached to an aromatic ring is 1. The predicted molar refractivity (Wildman–Crippen MR) is 79.9 cm³/mol. The van der Waals surface area contributed by atoms with Gasteiger partial charge in [-0.3, -0.25) is 0 Å². The zero-order valence-corrected chi connectivity index (χ0v) is 12.2. The van der Waals surface area contributed by atoms with Gasteiger partial charge < -0.3 is 15.7 Å². The molecule has 0 aliphatic heterocycles. The third-order valence-corrected chi connectivity index (χ3v) is 3.58. The minimum absolute atomic E-state index is 0.192. The minimum atomic E-state index is -0.970. The lowest BCUT2D eigenvalue weighted by atomic mass is 10.0. The quantitative estimate of drug-likeness (QED) is 0.775. The summed E-state index contributed by atoms with van der Waals surface area (Å²) in [7, 11) is 0. The van der Waals surface area contributed by atoms with Crippen LogP contribution < -0.4 is 10.6 Å². The zero-order valence-electron chi connectivity index (χ0n) is 12.2. The van der Waals surface area contributed by atoms with Gasteiger partial charge in [-0.05, 0) is 37.5 Å². The molecule has 0 heterocycles. The molecule has 106 valence electrons. The molecule has 0 aromatic heterocycles. The molecule has 0 spiro atoms. The zero-order chi connectivity index (χ0) is 14.6. The fourth-order valence-corrected chi connectivity index (χ4v) is 2.06. The fraction of sp³-hybridized carbons (Fsp3) is 0.533. The van der Waals surface area contributed by atoms with Crippen LogP contribution in [0.2, 0.25) is 0 Å². The summed E-state index contributed by atoms with van der Waals surface area (Å²) in [6, 6.07) is 3.64. The first-order valence-electron chi connectivity index (χ1n) is 6.79. The van der Waals surface area contributed by atoms with Gasteiger partial charge in [0.05, 0.1) is 5.56 Å². The third kappa shape index (κ3) is 3.63. The molecule has 1 aromatic carbocycles. The van der Waals surface area contributed by atoms with E-state index in [0.717, 1.165) is 30.8 Å². The van der Waals surface area contributed by atoms with Crippen molar-refractivity contribution >= 4 is 17.3 Å². The number of carboxylic acid groups (broad SMARTS) is 1. The van der Waals surface area contributed by atoms with Crippen LogP contribution in [0.1, 0.15) is 43.1 Å². The SMILES string of the molecule is CCC(C)CN(CC)c1cc(C)c(N)c(C(=O)O)c1. The molecule has 0 bridgehead atoms. The largest absolute Gasteiger partial charge is 0.478 e. The Morgan fingerprint density at radius 2 is 2.05 bits per heavy atom. The van der Waals surface area contributed by atoms with Gasteiger partial charge in [-0.25, -0.2) is 4.79 Å². The molecule has 0 fully saturated rings. The number of nitrogens with two attached hydrogens (primary N) is 1. The van der Waals surface area contributed by atoms with E-state index in [0.29, 0.717) is 11.6 Å². The lowest BCUT2D eigenvalue weighted by Gasteiger charge is -2.27. The van der Waals surface area contributed by atoms with Crippen LogP contribution in [0.4, 0.5) is 11.4 Å². The first-order chi connectivity index (χ1) is 8.90. The average Bonchev–Trinajstić information content (AvgIpc) is 2.38. The Bertz CT molecular complexity index is 458. The molecule has 4 heteroatoms. The molecule has 1 atom stereocenters. The number of anilines is 2. The molecule has 3 N–H and O–H groups in total. The van der Waals surface area contributed by atoms with E-state index in [1.165, 1.54) is 0 Å². The molecule has 1 unspecified atom stereocenters. The molecular weight excluding hydrogens is 240 g/mol. The van der Waals surface area contributed by atoms with E-state index in [-0.39, 0.29) is 5.56 Å². The van der Waals surface area contributed by atoms with E-state index in [1.807, 2.05) is 13.0 Å². The minimum Gasteiger partial charge on any atom is -0.478 e. The molecule has 19 heavy (non-hydrogen) atoms. The van der Waals surface area contributed by atoms with E-state index >= 15 is 0 Å². The lowest BCUT2D eigenvalue weighted by Crippen LogP contribution is -2.28. The van der Waals surface area contributed by atoms with E-state index in [2.05, 4.69) is 25.7 Å². The maximum absolute atomic E-state index is 11.2. The van der Waals surface area contributed by atoms with Gasteiger partial charge in [-0.15, -0.1) is 0 Å². The van der Waals surface area contributed by atoms with Gasteiger partial charge in [0, 0.05) is 24.5 Å². The smallest absolute Gasteiger partial charge is 0.337 e. The Labute approximate surface area is 115 Å². The van der Waals surface area contributed by atoms with Crippen molar-refractivity contribution in [2.75, 3.05) is 23.7 Å². The molecule has 0 saturated carbocycles. The highest BCUT2D eigenvalue weighted by atomic mass is 16.4. The Hall–Kier alpha value is -1.71. The number of carbonyl (C=O) groups is 1. The second kappa shape index (κ2) is 6.45. The third-order valence-electron chi connectivity index (χ3n) is 3.58. The summed E-state index contributed by atoms with van der Waals surface area (Å²) in [5, 5.41) is 9.20. The van der Waals surface area contributed by atoms with E-state index in [9.17, 15) is 9.90 Å². The van der Waals surface area contributed by atoms with Crippen molar-refractivity contribution < 1.29 is 9.90 Å². The van der Waals surface area contributed by atoms with Gasteiger partial charge in [0.2, 0.25) is 0 Å². The van der Waals surface area contributed by atoms with Crippen LogP contribution in [0.3, 0.4) is 0 Å². The number of hydrogen-bond acceptors (Lipinski definition) is 3. The van der Waals surface area contributed by atoms with Gasteiger partial charge in [-0.2, -0.15) is 0 Å². The number of rotatable bonds is 6. The highest BCUT2D eigenvalue weighted by molar-refractivity contribution is 5.95. The molecule has 0 aliphatic rings. The van der Waals surface area contributed by atoms with E-state index < -0.39 is 5.97 Å². The van der Waals surface area contributed by atoms with E-state index in [4.69, 9.17) is 5.73 Å². The predicted octanol–water partition coefficient (Wildman–Crippen LogP) is 3.15. The Kier molecular flexibility index (Phi) is 5.21. The molecule has 1 rings (SSSR count). The molecule has 0 saturated heterocycles. The average molecular weight is 264 g/mol. The van der Waals surface area contributed by atoms with Crippen molar-refractivity contribution in [1.82, 2.24) is 0 Å². The van der Waals surface area contributed by atoms with Gasteiger partial charge >= 0.3 is 5.97 Å². The molecule has 0 aliphatic carbocycles. The van der Waals surface area contributed by atoms with Crippen molar-refractivity contribution in [1.29, 1.82) is 0 Å². The van der Waals surface area contributed by atoms with Crippen molar-refractivity contribution in [3.63, 3.8) is 0 Å². The Morgan fingerprint density at radius 3 is 2.53 bits per heavy atom. The van der Waals surface area contributed by atoms with Crippen LogP contribution in [0.15, 0.2) is 12.1 Å². The molecule has 1 aromatic rings. The van der Waals surface area contributed by atoms with Crippen molar-refractivity contribution in [2.24, 2.45) is 5.92 Å². The van der Waals surface area contributed by atoms with Crippen LogP contribution in [-0.4, -0.2) is 24.2 Å². The van der Waals surface area contributed by atoms with Crippen LogP contribution in [-0.2, 0) is 0 Å². The monoisotopic (exact) mass is 264 g/mol. The topological polar surface area (TPSA) is 66.6 Å². The van der Waals surface area contributed by atoms with Gasteiger partial charge in [0.1, 0.15) is 0 Å². The summed E-state index contributed by atoms with van der Waals surface area (Å²) in [5.41, 5.74) is 8.13. The summed E-state index contributed by atoms with van der Waals surface area (Å²) < 4.78 is 0. The number of nitrogens with zero attached hydrogens (tertiary/aromatic N) is 1. The lowest BCUT2D eigenvalue weighted by molar-refractivity contribution is 0.0698. The number of hydrogen-bond donors (Lipinski definition) is 2. The van der Waals surface area contributed by atoms with Crippen LogP contribution in [0, 0.1) is 12.8 Å². The summed E-state index contributed by atoms with van der Waals surface area (Å²) in [6.07, 6.45) is 1.11. The van der Waals surface area contributed by atoms with Gasteiger partial charge in [0.25, 0.3) is 0 Å². The Morgan fingerprint density at radius 1 is 1.42 bits per heavy atom. The summed E-state index contributed by atoms with van der Waals surface area (Å²) >= 11 is 0. The highest BCUT2D eigenvalue weighted by Crippen LogP contribution is 2.26. The first kappa shape index (κ1) is 15.3. The molecular formula is C15H24N2O2. The number of benzene rings is 1. The molecule has 0 radical (unpaired) electrons. The maximum Gasteiger partial charge on any atom is 0.337 e. The van der Waals surface area contributed by atoms with E-state index in [1.54, 1.807) is 6.07 Å². The van der Waals surface area contributed by atoms with Crippen molar-refractivity contribution in [2.45, 2.75) is 34.1 Å². The van der Waals surface area contributed by atoms with Crippen LogP contribution >= 0.6 is 0 Å². The Balaban J connectivity index is 3.14. The summed E-state index contributed by atoms with van der Waals surface area (Å²) in [5.74, 6) is -0.395. The fourth-order valence-electron chi connectivity index (χ4n) is 2.06. The normalized spacial score (nSPS) is 12.2. The van der Waals surface area contributed by atoms with Gasteiger partial charge in [-0.1, -0.05) is 20.3 Å². The number of aryl methyl sites for hydroxylation is 1. The van der Waals surface area contributed by atoms with Gasteiger partial charge in [0.15, 0.2) is 0 Å². The number of aromatic carboxylic acids is 1. The number of carboxylic acids is 1. The van der Waals surface area contributed by atoms with Crippen LogP contribution in [0.5, 0.6) is 0 Å². The second-order valence-electron chi connectivity index (χ2n) is 5.08. The van der Waals surface area contributed by atoms with Crippen LogP contribution in [0.25, 0.3) is 0 Å². The van der Waals surface area contributed by atoms with Crippen molar-refractivity contribution in [3.8, 4) is 0 Å². The summed E-state index contributed by atoms with van der Waals surface area (Å²) in [6.45, 7) is 10.1. The summed E-state index contributed by atoms with van der Waals surface area (Å²) in [4.78, 5) is 13.4. The van der Waals surface area contributed by atoms with Crippen molar-refractivity contribution in [3.05, 3.63) is 23.3 Å². The second-order valence-corrected chi connectivity index (χ2v) is 5.08. The standard InChI is InChI=1S/C15H24N2O2/c1-5-10(3)9-17(6-2)12-7-11(4)14(16)13(8-12)15(18)19/h7-8,10H,5-6,9,16H2,1-4H3,(H,18,19). The molecule has 0 amide bonds. The first-order valence-corrected chi connectivity index (χ1v) is 6.79.